The molecule has 7 N–H and O–H groups in total. The summed E-state index contributed by atoms with van der Waals surface area (Å²) in [6, 6.07) is 4.19. The number of primary amides is 1. The first kappa shape index (κ1) is 33.7. The van der Waals surface area contributed by atoms with Gasteiger partial charge in [0.1, 0.15) is 34.4 Å². The smallest absolute Gasteiger partial charge is 0.255 e. The van der Waals surface area contributed by atoms with Gasteiger partial charge in [0.2, 0.25) is 5.78 Å². The van der Waals surface area contributed by atoms with Crippen molar-refractivity contribution in [3.8, 4) is 17.1 Å². The number of furan rings is 1. The molecule has 3 aliphatic carbocycles. The Morgan fingerprint density at radius 1 is 1.06 bits per heavy atom. The standard InChI is InChI=1S/C34H43N5O9/c1-36(2)22-15-20(23-6-5-18(48-23)16-39-9-7-38(8-10-39)11-12-40)28(41)25-19(22)13-17-14-21-27(37(3)4)30(43)26(33(35)46)32(45)34(21,47)31(44)24(17)29(25)42/h5-6,15,17,21,27,40-42,45,47H,7-14,16H2,1-4H3,(H2,35,46)/t17-,21-,27-,34+/m0/s1. The zero-order valence-electron chi connectivity index (χ0n) is 27.6. The number of nitrogens with two attached hydrogens (primary N) is 1. The van der Waals surface area contributed by atoms with E-state index in [1.54, 1.807) is 26.2 Å². The molecule has 6 rings (SSSR count). The van der Waals surface area contributed by atoms with E-state index in [9.17, 15) is 39.9 Å². The maximum Gasteiger partial charge on any atom is 0.255 e. The number of benzene rings is 1. The zero-order valence-corrected chi connectivity index (χ0v) is 27.6. The number of likely N-dealkylation sites (N-methyl/N-ethyl adjacent to an activating group) is 1. The molecule has 0 spiro atoms. The number of aliphatic hydroxyl groups is 4. The van der Waals surface area contributed by atoms with Crippen LogP contribution in [0.15, 0.2) is 39.5 Å². The van der Waals surface area contributed by atoms with Gasteiger partial charge in [-0.2, -0.15) is 0 Å². The summed E-state index contributed by atoms with van der Waals surface area (Å²) in [7, 11) is 6.77. The number of fused-ring (bicyclic) bond motifs is 3. The highest BCUT2D eigenvalue weighted by molar-refractivity contribution is 6.24. The first-order valence-corrected chi connectivity index (χ1v) is 16.1. The molecule has 258 valence electrons. The van der Waals surface area contributed by atoms with E-state index in [-0.39, 0.29) is 41.9 Å². The molecule has 1 aliphatic heterocycles. The van der Waals surface area contributed by atoms with Crippen molar-refractivity contribution in [2.45, 2.75) is 31.0 Å². The van der Waals surface area contributed by atoms with Gasteiger partial charge in [-0.15, -0.1) is 0 Å². The Kier molecular flexibility index (Phi) is 8.67. The first-order valence-electron chi connectivity index (χ1n) is 16.1. The summed E-state index contributed by atoms with van der Waals surface area (Å²) >= 11 is 0. The Morgan fingerprint density at radius 2 is 1.73 bits per heavy atom. The van der Waals surface area contributed by atoms with Crippen molar-refractivity contribution in [2.75, 3.05) is 72.4 Å². The van der Waals surface area contributed by atoms with Gasteiger partial charge in [0, 0.05) is 64.0 Å². The van der Waals surface area contributed by atoms with Crippen molar-refractivity contribution in [3.63, 3.8) is 0 Å². The monoisotopic (exact) mass is 665 g/mol. The number of amides is 1. The third-order valence-corrected chi connectivity index (χ3v) is 10.4. The fourth-order valence-electron chi connectivity index (χ4n) is 8.02. The second kappa shape index (κ2) is 12.3. The van der Waals surface area contributed by atoms with Gasteiger partial charge in [0.05, 0.1) is 30.3 Å². The van der Waals surface area contributed by atoms with E-state index in [1.807, 2.05) is 25.1 Å². The number of anilines is 1. The number of hydrogen-bond acceptors (Lipinski definition) is 13. The van der Waals surface area contributed by atoms with Crippen LogP contribution in [0, 0.1) is 11.8 Å². The molecule has 2 heterocycles. The van der Waals surface area contributed by atoms with Crippen molar-refractivity contribution < 1.29 is 44.3 Å². The van der Waals surface area contributed by atoms with Crippen LogP contribution < -0.4 is 10.6 Å². The lowest BCUT2D eigenvalue weighted by atomic mass is 9.57. The Morgan fingerprint density at radius 3 is 2.33 bits per heavy atom. The Labute approximate surface area is 277 Å². The largest absolute Gasteiger partial charge is 0.508 e. The highest BCUT2D eigenvalue weighted by atomic mass is 16.4. The number of β-amino-alcohol motifs (C(OH)–C–C–N with tert-alkyl or cyclic N) is 1. The van der Waals surface area contributed by atoms with Crippen LogP contribution >= 0.6 is 0 Å². The Bertz CT molecular complexity index is 1740. The van der Waals surface area contributed by atoms with Crippen molar-refractivity contribution in [2.24, 2.45) is 17.6 Å². The minimum absolute atomic E-state index is 0.00504. The lowest BCUT2D eigenvalue weighted by Crippen LogP contribution is -2.65. The number of carbonyl (C=O) groups excluding carboxylic acids is 3. The topological polar surface area (TPSA) is 204 Å². The van der Waals surface area contributed by atoms with E-state index in [1.165, 1.54) is 4.90 Å². The van der Waals surface area contributed by atoms with Gasteiger partial charge < -0.3 is 40.6 Å². The number of phenols is 1. The minimum atomic E-state index is -2.71. The molecule has 1 aromatic heterocycles. The first-order chi connectivity index (χ1) is 22.7. The highest BCUT2D eigenvalue weighted by Gasteiger charge is 2.64. The highest BCUT2D eigenvalue weighted by Crippen LogP contribution is 2.55. The van der Waals surface area contributed by atoms with Crippen molar-refractivity contribution in [3.05, 3.63) is 52.0 Å². The number of rotatable bonds is 8. The van der Waals surface area contributed by atoms with Gasteiger partial charge in [-0.1, -0.05) is 0 Å². The third-order valence-electron chi connectivity index (χ3n) is 10.4. The van der Waals surface area contributed by atoms with Crippen molar-refractivity contribution in [1.82, 2.24) is 14.7 Å². The summed E-state index contributed by atoms with van der Waals surface area (Å²) < 4.78 is 6.20. The molecule has 0 unspecified atom stereocenters. The summed E-state index contributed by atoms with van der Waals surface area (Å²) in [6.07, 6.45) is 0.193. The lowest BCUT2D eigenvalue weighted by Gasteiger charge is -2.50. The fourth-order valence-corrected chi connectivity index (χ4v) is 8.02. The van der Waals surface area contributed by atoms with Gasteiger partial charge in [0.15, 0.2) is 11.4 Å². The van der Waals surface area contributed by atoms with Crippen molar-refractivity contribution in [1.29, 1.82) is 0 Å². The normalized spacial score (nSPS) is 26.5. The quantitative estimate of drug-likeness (QED) is 0.212. The van der Waals surface area contributed by atoms with Gasteiger partial charge in [-0.25, -0.2) is 0 Å². The number of ketones is 2. The molecule has 1 aromatic carbocycles. The summed E-state index contributed by atoms with van der Waals surface area (Å²) in [5.74, 6) is -5.91. The molecule has 14 nitrogen and oxygen atoms in total. The van der Waals surface area contributed by atoms with Crippen molar-refractivity contribution >= 4 is 28.9 Å². The van der Waals surface area contributed by atoms with Gasteiger partial charge in [0.25, 0.3) is 5.91 Å². The average molecular weight is 666 g/mol. The van der Waals surface area contributed by atoms with Gasteiger partial charge in [-0.3, -0.25) is 29.1 Å². The molecule has 4 atom stereocenters. The molecule has 1 saturated carbocycles. The predicted molar refractivity (Wildman–Crippen MR) is 175 cm³/mol. The predicted octanol–water partition coefficient (Wildman–Crippen LogP) is 0.400. The van der Waals surface area contributed by atoms with Crippen LogP contribution in [0.3, 0.4) is 0 Å². The molecule has 1 saturated heterocycles. The minimum Gasteiger partial charge on any atom is -0.508 e. The number of carbonyl (C=O) groups is 3. The van der Waals surface area contributed by atoms with E-state index in [0.29, 0.717) is 35.9 Å². The summed E-state index contributed by atoms with van der Waals surface area (Å²) in [6.45, 7) is 4.59. The molecule has 0 radical (unpaired) electrons. The van der Waals surface area contributed by atoms with Crippen LogP contribution in [-0.4, -0.2) is 137 Å². The van der Waals surface area contributed by atoms with Crippen LogP contribution in [0.1, 0.15) is 23.3 Å². The molecular formula is C34H43N5O9. The Balaban J connectivity index is 1.41. The molecule has 0 bridgehead atoms. The number of piperazine rings is 1. The van der Waals surface area contributed by atoms with Gasteiger partial charge >= 0.3 is 0 Å². The summed E-state index contributed by atoms with van der Waals surface area (Å²) in [5, 5.41) is 55.8. The van der Waals surface area contributed by atoms with E-state index < -0.39 is 58.0 Å². The van der Waals surface area contributed by atoms with E-state index in [0.717, 1.165) is 26.2 Å². The van der Waals surface area contributed by atoms with Crippen LogP contribution in [0.25, 0.3) is 17.1 Å². The molecule has 14 heteroatoms. The molecule has 1 amide bonds. The Hall–Kier alpha value is -4.21. The second-order valence-corrected chi connectivity index (χ2v) is 13.6. The fraction of sp³-hybridized carbons (Fsp3) is 0.500. The maximum atomic E-state index is 14.2. The number of nitrogens with zero attached hydrogens (tertiary/aromatic N) is 4. The second-order valence-electron chi connectivity index (χ2n) is 13.6. The average Bonchev–Trinajstić information content (AvgIpc) is 3.47. The molecule has 48 heavy (non-hydrogen) atoms. The van der Waals surface area contributed by atoms with Crippen LogP contribution in [0.5, 0.6) is 5.75 Å². The molecular weight excluding hydrogens is 622 g/mol. The van der Waals surface area contributed by atoms with E-state index in [2.05, 4.69) is 9.80 Å². The van der Waals surface area contributed by atoms with E-state index >= 15 is 0 Å². The number of phenolic OH excluding ortho intramolecular Hbond substituents is 1. The SMILES string of the molecule is CN(C)c1cc(-c2ccc(CN3CCN(CCO)CC3)o2)c(O)c2c1C[C@H]1C[C@H]3[C@H](N(C)C)C(=O)C(C(N)=O)=C(O)[C@]3(O)C(=O)C1=C2O. The number of hydrogen-bond donors (Lipinski definition) is 6. The maximum absolute atomic E-state index is 14.2. The van der Waals surface area contributed by atoms with E-state index in [4.69, 9.17) is 10.2 Å². The summed E-state index contributed by atoms with van der Waals surface area (Å²) in [5.41, 5.74) is 3.19. The van der Waals surface area contributed by atoms with Crippen LogP contribution in [0.2, 0.25) is 0 Å². The number of aromatic hydroxyl groups is 1. The molecule has 2 aromatic rings. The lowest BCUT2D eigenvalue weighted by molar-refractivity contribution is -0.153. The number of aliphatic hydroxyl groups excluding tert-OH is 3. The molecule has 4 aliphatic rings. The third kappa shape index (κ3) is 5.19. The van der Waals surface area contributed by atoms with Crippen LogP contribution in [-0.2, 0) is 27.3 Å². The van der Waals surface area contributed by atoms with Crippen LogP contribution in [0.4, 0.5) is 5.69 Å². The van der Waals surface area contributed by atoms with Gasteiger partial charge in [-0.05, 0) is 56.6 Å². The molecule has 2 fully saturated rings. The number of Topliss-reactive ketones (excluding diaryl/α,β-unsaturated/α-hetero) is 2. The summed E-state index contributed by atoms with van der Waals surface area (Å²) in [4.78, 5) is 47.6. The zero-order chi connectivity index (χ0) is 34.8.